The molecule has 0 spiro atoms. The lowest BCUT2D eigenvalue weighted by Crippen LogP contribution is -2.03. The fourth-order valence-corrected chi connectivity index (χ4v) is 1.61. The highest BCUT2D eigenvalue weighted by Crippen LogP contribution is 2.33. The third-order valence-corrected chi connectivity index (χ3v) is 2.31. The summed E-state index contributed by atoms with van der Waals surface area (Å²) >= 11 is 0. The topological polar surface area (TPSA) is 84.3 Å². The van der Waals surface area contributed by atoms with Crippen molar-refractivity contribution in [3.63, 3.8) is 0 Å². The molecule has 0 unspecified atom stereocenters. The van der Waals surface area contributed by atoms with Crippen LogP contribution in [0.3, 0.4) is 0 Å². The minimum absolute atomic E-state index is 0.00671. The predicted octanol–water partition coefficient (Wildman–Crippen LogP) is 1.13. The Morgan fingerprint density at radius 1 is 1.53 bits per heavy atom. The van der Waals surface area contributed by atoms with E-state index in [9.17, 15) is 14.9 Å². The molecule has 0 saturated carbocycles. The third kappa shape index (κ3) is 1.50. The highest BCUT2D eigenvalue weighted by Gasteiger charge is 2.23. The molecule has 0 saturated heterocycles. The van der Waals surface area contributed by atoms with E-state index < -0.39 is 4.92 Å². The van der Waals surface area contributed by atoms with E-state index in [1.54, 1.807) is 13.1 Å². The van der Waals surface area contributed by atoms with Gasteiger partial charge in [0.2, 0.25) is 5.91 Å². The first-order chi connectivity index (χ1) is 7.11. The van der Waals surface area contributed by atoms with Crippen molar-refractivity contribution in [2.45, 2.75) is 6.42 Å². The van der Waals surface area contributed by atoms with Gasteiger partial charge < -0.3 is 10.6 Å². The number of amides is 1. The molecule has 0 radical (unpaired) electrons. The molecular weight excluding hydrogens is 198 g/mol. The zero-order valence-corrected chi connectivity index (χ0v) is 8.03. The van der Waals surface area contributed by atoms with Crippen LogP contribution in [0.4, 0.5) is 17.1 Å². The Morgan fingerprint density at radius 3 is 2.87 bits per heavy atom. The van der Waals surface area contributed by atoms with Crippen LogP contribution in [0.2, 0.25) is 0 Å². The number of fused-ring (bicyclic) bond motifs is 1. The van der Waals surface area contributed by atoms with E-state index in [1.165, 1.54) is 6.07 Å². The number of benzene rings is 1. The molecule has 78 valence electrons. The number of rotatable bonds is 2. The first-order valence-corrected chi connectivity index (χ1v) is 4.40. The summed E-state index contributed by atoms with van der Waals surface area (Å²) < 4.78 is 0. The number of nitro groups is 1. The van der Waals surface area contributed by atoms with Gasteiger partial charge in [-0.1, -0.05) is 0 Å². The summed E-state index contributed by atoms with van der Waals surface area (Å²) in [6.45, 7) is 0. The molecule has 1 amide bonds. The average molecular weight is 207 g/mol. The van der Waals surface area contributed by atoms with E-state index in [-0.39, 0.29) is 18.0 Å². The van der Waals surface area contributed by atoms with Gasteiger partial charge in [0.15, 0.2) is 0 Å². The molecule has 0 atom stereocenters. The van der Waals surface area contributed by atoms with Gasteiger partial charge in [0.25, 0.3) is 5.69 Å². The summed E-state index contributed by atoms with van der Waals surface area (Å²) in [5, 5.41) is 16.1. The fourth-order valence-electron chi connectivity index (χ4n) is 1.61. The third-order valence-electron chi connectivity index (χ3n) is 2.31. The second-order valence-corrected chi connectivity index (χ2v) is 3.26. The largest absolute Gasteiger partial charge is 0.383 e. The van der Waals surface area contributed by atoms with Gasteiger partial charge in [-0.2, -0.15) is 0 Å². The van der Waals surface area contributed by atoms with E-state index in [0.717, 1.165) is 0 Å². The van der Waals surface area contributed by atoms with E-state index in [0.29, 0.717) is 16.9 Å². The SMILES string of the molecule is CNc1cc2c(cc1[N+](=O)[O-])CC(=O)N2. The molecule has 0 aromatic heterocycles. The Bertz CT molecular complexity index is 456. The van der Waals surface area contributed by atoms with Crippen LogP contribution < -0.4 is 10.6 Å². The lowest BCUT2D eigenvalue weighted by molar-refractivity contribution is -0.384. The molecule has 0 fully saturated rings. The summed E-state index contributed by atoms with van der Waals surface area (Å²) in [5.41, 5.74) is 1.72. The highest BCUT2D eigenvalue weighted by molar-refractivity contribution is 6.00. The van der Waals surface area contributed by atoms with Crippen LogP contribution in [0.1, 0.15) is 5.56 Å². The quantitative estimate of drug-likeness (QED) is 0.562. The molecule has 1 aromatic rings. The number of carbonyl (C=O) groups excluding carboxylic acids is 1. The summed E-state index contributed by atoms with van der Waals surface area (Å²) in [6, 6.07) is 3.01. The van der Waals surface area contributed by atoms with Crippen molar-refractivity contribution < 1.29 is 9.72 Å². The van der Waals surface area contributed by atoms with Crippen LogP contribution in [0.5, 0.6) is 0 Å². The van der Waals surface area contributed by atoms with Crippen LogP contribution in [0, 0.1) is 10.1 Å². The summed E-state index contributed by atoms with van der Waals surface area (Å²) in [7, 11) is 1.60. The van der Waals surface area contributed by atoms with E-state index in [2.05, 4.69) is 10.6 Å². The molecule has 1 aliphatic heterocycles. The first kappa shape index (κ1) is 9.45. The molecular formula is C9H9N3O3. The Hall–Kier alpha value is -2.11. The van der Waals surface area contributed by atoms with Gasteiger partial charge in [-0.05, 0) is 11.6 Å². The Labute approximate surface area is 85.4 Å². The van der Waals surface area contributed by atoms with Crippen molar-refractivity contribution in [2.24, 2.45) is 0 Å². The minimum Gasteiger partial charge on any atom is -0.383 e. The maximum absolute atomic E-state index is 11.1. The number of hydrogen-bond acceptors (Lipinski definition) is 4. The summed E-state index contributed by atoms with van der Waals surface area (Å²) in [6.07, 6.45) is 0.208. The van der Waals surface area contributed by atoms with Gasteiger partial charge in [0, 0.05) is 18.8 Å². The zero-order valence-electron chi connectivity index (χ0n) is 8.03. The van der Waals surface area contributed by atoms with Crippen LogP contribution >= 0.6 is 0 Å². The molecule has 2 rings (SSSR count). The molecule has 6 nitrogen and oxygen atoms in total. The average Bonchev–Trinajstić information content (AvgIpc) is 2.54. The molecule has 0 aliphatic carbocycles. The predicted molar refractivity (Wildman–Crippen MR) is 55.0 cm³/mol. The number of nitrogens with one attached hydrogen (secondary N) is 2. The molecule has 6 heteroatoms. The number of hydrogen-bond donors (Lipinski definition) is 2. The standard InChI is InChI=1S/C9H9N3O3/c1-10-7-4-6-5(3-9(13)11-6)2-8(7)12(14)15/h2,4,10H,3H2,1H3,(H,11,13). The van der Waals surface area contributed by atoms with Crippen molar-refractivity contribution in [3.8, 4) is 0 Å². The second-order valence-electron chi connectivity index (χ2n) is 3.26. The van der Waals surface area contributed by atoms with E-state index in [4.69, 9.17) is 0 Å². The van der Waals surface area contributed by atoms with Gasteiger partial charge in [-0.3, -0.25) is 14.9 Å². The van der Waals surface area contributed by atoms with Crippen molar-refractivity contribution in [2.75, 3.05) is 17.7 Å². The second kappa shape index (κ2) is 3.23. The smallest absolute Gasteiger partial charge is 0.292 e. The van der Waals surface area contributed by atoms with Crippen LogP contribution in [-0.4, -0.2) is 17.9 Å². The normalized spacial score (nSPS) is 13.3. The summed E-state index contributed by atoms with van der Waals surface area (Å²) in [4.78, 5) is 21.3. The Morgan fingerprint density at radius 2 is 2.27 bits per heavy atom. The fraction of sp³-hybridized carbons (Fsp3) is 0.222. The number of carbonyl (C=O) groups is 1. The lowest BCUT2D eigenvalue weighted by Gasteiger charge is -2.04. The van der Waals surface area contributed by atoms with Crippen molar-refractivity contribution in [1.82, 2.24) is 0 Å². The van der Waals surface area contributed by atoms with Crippen molar-refractivity contribution >= 4 is 23.0 Å². The van der Waals surface area contributed by atoms with Gasteiger partial charge in [0.1, 0.15) is 5.69 Å². The van der Waals surface area contributed by atoms with Crippen LogP contribution in [0.25, 0.3) is 0 Å². The zero-order chi connectivity index (χ0) is 11.0. The van der Waals surface area contributed by atoms with Gasteiger partial charge >= 0.3 is 0 Å². The molecule has 15 heavy (non-hydrogen) atoms. The van der Waals surface area contributed by atoms with Crippen LogP contribution in [-0.2, 0) is 11.2 Å². The van der Waals surface area contributed by atoms with Gasteiger partial charge in [-0.15, -0.1) is 0 Å². The minimum atomic E-state index is -0.463. The van der Waals surface area contributed by atoms with Crippen LogP contribution in [0.15, 0.2) is 12.1 Å². The number of nitro benzene ring substituents is 1. The monoisotopic (exact) mass is 207 g/mol. The van der Waals surface area contributed by atoms with E-state index in [1.807, 2.05) is 0 Å². The van der Waals surface area contributed by atoms with E-state index >= 15 is 0 Å². The summed E-state index contributed by atoms with van der Waals surface area (Å²) in [5.74, 6) is -0.132. The Kier molecular flexibility index (Phi) is 2.03. The highest BCUT2D eigenvalue weighted by atomic mass is 16.6. The number of anilines is 2. The maximum Gasteiger partial charge on any atom is 0.292 e. The maximum atomic E-state index is 11.1. The Balaban J connectivity index is 2.55. The van der Waals surface area contributed by atoms with Gasteiger partial charge in [-0.25, -0.2) is 0 Å². The van der Waals surface area contributed by atoms with Gasteiger partial charge in [0.05, 0.1) is 11.3 Å². The molecule has 1 aliphatic rings. The molecule has 1 aromatic carbocycles. The molecule has 0 bridgehead atoms. The number of nitrogens with zero attached hydrogens (tertiary/aromatic N) is 1. The first-order valence-electron chi connectivity index (χ1n) is 4.40. The molecule has 2 N–H and O–H groups in total. The van der Waals surface area contributed by atoms with Crippen molar-refractivity contribution in [3.05, 3.63) is 27.8 Å². The molecule has 1 heterocycles. The van der Waals surface area contributed by atoms with Crippen molar-refractivity contribution in [1.29, 1.82) is 0 Å². The lowest BCUT2D eigenvalue weighted by atomic mass is 10.1.